The Hall–Kier alpha value is -1.32. The maximum absolute atomic E-state index is 12.8. The van der Waals surface area contributed by atoms with E-state index in [1.54, 1.807) is 43.4 Å². The summed E-state index contributed by atoms with van der Waals surface area (Å²) >= 11 is 1.61. The van der Waals surface area contributed by atoms with Crippen LogP contribution in [0.1, 0.15) is 26.3 Å². The van der Waals surface area contributed by atoms with E-state index in [1.807, 2.05) is 0 Å². The van der Waals surface area contributed by atoms with Gasteiger partial charge in [-0.3, -0.25) is 0 Å². The predicted octanol–water partition coefficient (Wildman–Crippen LogP) is 3.66. The highest BCUT2D eigenvalue weighted by atomic mass is 127. The number of hydrogen-bond donors (Lipinski definition) is 0. The quantitative estimate of drug-likeness (QED) is 0.672. The molecule has 0 aromatic carbocycles. The number of rotatable bonds is 1. The van der Waals surface area contributed by atoms with Crippen LogP contribution in [-0.4, -0.2) is 15.7 Å². The number of nitrogens with zero attached hydrogens (tertiary/aromatic N) is 2. The zero-order chi connectivity index (χ0) is 16.0. The molecule has 0 aliphatic carbocycles. The van der Waals surface area contributed by atoms with Crippen LogP contribution in [-0.2, 0) is 11.0 Å². The van der Waals surface area contributed by atoms with E-state index in [1.165, 1.54) is 12.3 Å². The van der Waals surface area contributed by atoms with Gasteiger partial charge >= 0.3 is 12.1 Å². The maximum atomic E-state index is 12.8. The highest BCUT2D eigenvalue weighted by Crippen LogP contribution is 2.35. The van der Waals surface area contributed by atoms with Crippen molar-refractivity contribution in [2.45, 2.75) is 26.9 Å². The van der Waals surface area contributed by atoms with Gasteiger partial charge in [-0.15, -0.1) is 0 Å². The van der Waals surface area contributed by atoms with Gasteiger partial charge < -0.3 is 4.84 Å². The van der Waals surface area contributed by atoms with Crippen LogP contribution in [0, 0.1) is 8.99 Å². The molecule has 0 saturated carbocycles. The summed E-state index contributed by atoms with van der Waals surface area (Å²) < 4.78 is 39.6. The lowest BCUT2D eigenvalue weighted by Gasteiger charge is -2.16. The Balaban J connectivity index is 2.47. The molecular formula is C13H12F3IN2O2. The topological polar surface area (TPSA) is 44.1 Å². The van der Waals surface area contributed by atoms with Crippen LogP contribution in [0.25, 0.3) is 11.0 Å². The van der Waals surface area contributed by atoms with Crippen molar-refractivity contribution >= 4 is 39.6 Å². The van der Waals surface area contributed by atoms with Crippen LogP contribution in [0.5, 0.6) is 0 Å². The van der Waals surface area contributed by atoms with E-state index in [-0.39, 0.29) is 14.6 Å². The second-order valence-corrected chi connectivity index (χ2v) is 6.57. The summed E-state index contributed by atoms with van der Waals surface area (Å²) in [6.45, 7) is 5.04. The third-order valence-corrected chi connectivity index (χ3v) is 3.88. The van der Waals surface area contributed by atoms with Crippen LogP contribution in [0.15, 0.2) is 18.5 Å². The normalized spacial score (nSPS) is 12.7. The predicted molar refractivity (Wildman–Crippen MR) is 78.5 cm³/mol. The van der Waals surface area contributed by atoms with Crippen LogP contribution in [0.2, 0.25) is 0 Å². The van der Waals surface area contributed by atoms with Crippen molar-refractivity contribution in [3.63, 3.8) is 0 Å². The van der Waals surface area contributed by atoms with Gasteiger partial charge in [-0.1, -0.05) is 0 Å². The molecule has 0 aliphatic heterocycles. The van der Waals surface area contributed by atoms with Crippen molar-refractivity contribution < 1.29 is 22.8 Å². The van der Waals surface area contributed by atoms with Gasteiger partial charge in [-0.25, -0.2) is 9.78 Å². The van der Waals surface area contributed by atoms with Crippen molar-refractivity contribution in [3.05, 3.63) is 27.6 Å². The molecule has 2 heterocycles. The summed E-state index contributed by atoms with van der Waals surface area (Å²) in [6.07, 6.45) is -2.35. The lowest BCUT2D eigenvalue weighted by Crippen LogP contribution is -2.31. The summed E-state index contributed by atoms with van der Waals surface area (Å²) in [7, 11) is 0. The molecule has 0 N–H and O–H groups in total. The SMILES string of the molecule is CC(C)(C)C(=O)On1ccc2c(I)c(C(F)(F)F)cnc21. The third-order valence-electron chi connectivity index (χ3n) is 2.71. The fraction of sp³-hybridized carbons (Fsp3) is 0.385. The van der Waals surface area contributed by atoms with Crippen molar-refractivity contribution in [1.29, 1.82) is 0 Å². The lowest BCUT2D eigenvalue weighted by molar-refractivity contribution is -0.153. The van der Waals surface area contributed by atoms with Gasteiger partial charge in [0.15, 0.2) is 5.65 Å². The molecule has 114 valence electrons. The summed E-state index contributed by atoms with van der Waals surface area (Å²) in [5, 5.41) is 0.284. The zero-order valence-corrected chi connectivity index (χ0v) is 13.6. The first-order valence-electron chi connectivity index (χ1n) is 5.97. The Morgan fingerprint density at radius 3 is 2.48 bits per heavy atom. The van der Waals surface area contributed by atoms with E-state index >= 15 is 0 Å². The van der Waals surface area contributed by atoms with Crippen molar-refractivity contribution in [3.8, 4) is 0 Å². The summed E-state index contributed by atoms with van der Waals surface area (Å²) in [6, 6.07) is 1.44. The van der Waals surface area contributed by atoms with Crippen molar-refractivity contribution in [2.24, 2.45) is 5.41 Å². The maximum Gasteiger partial charge on any atom is 0.418 e. The summed E-state index contributed by atoms with van der Waals surface area (Å²) in [5.74, 6) is -0.503. The number of fused-ring (bicyclic) bond motifs is 1. The average molecular weight is 412 g/mol. The minimum atomic E-state index is -4.47. The van der Waals surface area contributed by atoms with Gasteiger partial charge in [0.2, 0.25) is 0 Å². The van der Waals surface area contributed by atoms with Crippen molar-refractivity contribution in [1.82, 2.24) is 9.71 Å². The molecule has 0 atom stereocenters. The molecule has 21 heavy (non-hydrogen) atoms. The largest absolute Gasteiger partial charge is 0.418 e. The monoisotopic (exact) mass is 412 g/mol. The van der Waals surface area contributed by atoms with Crippen LogP contribution < -0.4 is 4.84 Å². The fourth-order valence-corrected chi connectivity index (χ4v) is 2.39. The van der Waals surface area contributed by atoms with Gasteiger partial charge in [-0.05, 0) is 49.4 Å². The van der Waals surface area contributed by atoms with Gasteiger partial charge in [-0.2, -0.15) is 17.9 Å². The third kappa shape index (κ3) is 3.14. The summed E-state index contributed by atoms with van der Waals surface area (Å²) in [4.78, 5) is 20.7. The second-order valence-electron chi connectivity index (χ2n) is 5.49. The molecule has 0 radical (unpaired) electrons. The molecule has 8 heteroatoms. The van der Waals surface area contributed by atoms with Gasteiger partial charge in [0.05, 0.1) is 11.0 Å². The average Bonchev–Trinajstić information content (AvgIpc) is 2.71. The molecule has 0 spiro atoms. The number of alkyl halides is 3. The first-order valence-corrected chi connectivity index (χ1v) is 7.05. The molecule has 0 bridgehead atoms. The van der Waals surface area contributed by atoms with Crippen molar-refractivity contribution in [2.75, 3.05) is 0 Å². The number of carbonyl (C=O) groups excluding carboxylic acids is 1. The second kappa shape index (κ2) is 5.15. The molecule has 2 aromatic heterocycles. The number of aromatic nitrogens is 2. The number of pyridine rings is 1. The molecule has 0 fully saturated rings. The molecule has 0 aliphatic rings. The van der Waals surface area contributed by atoms with E-state index < -0.39 is 23.1 Å². The molecule has 0 saturated heterocycles. The highest BCUT2D eigenvalue weighted by molar-refractivity contribution is 14.1. The van der Waals surface area contributed by atoms with Gasteiger partial charge in [0, 0.05) is 21.4 Å². The number of halogens is 4. The van der Waals surface area contributed by atoms with Gasteiger partial charge in [0.25, 0.3) is 0 Å². The highest BCUT2D eigenvalue weighted by Gasteiger charge is 2.34. The van der Waals surface area contributed by atoms with E-state index in [4.69, 9.17) is 4.84 Å². The molecule has 0 amide bonds. The number of carbonyl (C=O) groups is 1. The van der Waals surface area contributed by atoms with E-state index in [2.05, 4.69) is 4.98 Å². The minimum absolute atomic E-state index is 0.0238. The first-order chi connectivity index (χ1) is 9.51. The van der Waals surface area contributed by atoms with E-state index in [0.29, 0.717) is 0 Å². The molecule has 4 nitrogen and oxygen atoms in total. The van der Waals surface area contributed by atoms with E-state index in [9.17, 15) is 18.0 Å². The molecule has 2 rings (SSSR count). The standard InChI is InChI=1S/C13H12F3IN2O2/c1-12(2,3)11(20)21-19-5-4-7-9(17)8(13(14,15)16)6-18-10(7)19/h4-6H,1-3H3. The Kier molecular flexibility index (Phi) is 3.94. The molecular weight excluding hydrogens is 400 g/mol. The Morgan fingerprint density at radius 1 is 1.33 bits per heavy atom. The minimum Gasteiger partial charge on any atom is -0.334 e. The Bertz CT molecular complexity index is 702. The Labute approximate surface area is 132 Å². The molecule has 2 aromatic rings. The smallest absolute Gasteiger partial charge is 0.334 e. The van der Waals surface area contributed by atoms with Crippen LogP contribution >= 0.6 is 22.6 Å². The first kappa shape index (κ1) is 16.1. The van der Waals surface area contributed by atoms with Gasteiger partial charge in [0.1, 0.15) is 0 Å². The lowest BCUT2D eigenvalue weighted by atomic mass is 9.98. The molecule has 0 unspecified atom stereocenters. The zero-order valence-electron chi connectivity index (χ0n) is 11.5. The van der Waals surface area contributed by atoms with Crippen LogP contribution in [0.4, 0.5) is 13.2 Å². The number of hydrogen-bond acceptors (Lipinski definition) is 3. The summed E-state index contributed by atoms with van der Waals surface area (Å²) in [5.41, 5.74) is -1.36. The fourth-order valence-electron chi connectivity index (χ4n) is 1.53. The van der Waals surface area contributed by atoms with Crippen LogP contribution in [0.3, 0.4) is 0 Å². The van der Waals surface area contributed by atoms with E-state index in [0.717, 1.165) is 10.9 Å². The Morgan fingerprint density at radius 2 is 1.95 bits per heavy atom.